The Labute approximate surface area is 172 Å². The smallest absolute Gasteiger partial charge is 0.244 e. The number of nitrogens with zero attached hydrogens (tertiary/aromatic N) is 3. The minimum Gasteiger partial charge on any atom is -0.352 e. The second-order valence-electron chi connectivity index (χ2n) is 7.64. The minimum atomic E-state index is -3.51. The zero-order valence-electron chi connectivity index (χ0n) is 16.6. The Bertz CT molecular complexity index is 756. The number of likely N-dealkylation sites (N-methyl/N-ethyl adjacent to an activating group) is 1. The molecule has 1 aliphatic carbocycles. The van der Waals surface area contributed by atoms with Crippen LogP contribution >= 0.6 is 11.8 Å². The Kier molecular flexibility index (Phi) is 7.36. The fourth-order valence-corrected chi connectivity index (χ4v) is 5.73. The average molecular weight is 427 g/mol. The number of carbonyl (C=O) groups is 1. The highest BCUT2D eigenvalue weighted by Gasteiger charge is 2.28. The molecule has 1 aromatic rings. The van der Waals surface area contributed by atoms with Crippen molar-refractivity contribution in [2.45, 2.75) is 60.2 Å². The second kappa shape index (κ2) is 9.56. The molecule has 1 aliphatic heterocycles. The van der Waals surface area contributed by atoms with Crippen molar-refractivity contribution in [2.24, 2.45) is 0 Å². The van der Waals surface area contributed by atoms with Crippen LogP contribution in [0, 0.1) is 0 Å². The van der Waals surface area contributed by atoms with Crippen LogP contribution in [0.2, 0.25) is 0 Å². The Morgan fingerprint density at radius 3 is 2.46 bits per heavy atom. The molecule has 1 amide bonds. The van der Waals surface area contributed by atoms with Gasteiger partial charge in [-0.05, 0) is 38.9 Å². The van der Waals surface area contributed by atoms with Gasteiger partial charge in [0.05, 0.1) is 10.3 Å². The van der Waals surface area contributed by atoms with E-state index in [1.807, 2.05) is 14.0 Å². The van der Waals surface area contributed by atoms with E-state index < -0.39 is 10.0 Å². The number of hydrogen-bond acceptors (Lipinski definition) is 6. The van der Waals surface area contributed by atoms with Gasteiger partial charge in [0, 0.05) is 38.4 Å². The highest BCUT2D eigenvalue weighted by atomic mass is 32.2. The topological polar surface area (TPSA) is 82.6 Å². The lowest BCUT2D eigenvalue weighted by molar-refractivity contribution is -0.121. The van der Waals surface area contributed by atoms with Gasteiger partial charge in [0.25, 0.3) is 0 Å². The Morgan fingerprint density at radius 1 is 1.18 bits per heavy atom. The zero-order chi connectivity index (χ0) is 20.1. The van der Waals surface area contributed by atoms with Crippen molar-refractivity contribution >= 4 is 27.7 Å². The van der Waals surface area contributed by atoms with E-state index in [0.29, 0.717) is 18.1 Å². The molecule has 7 nitrogen and oxygen atoms in total. The third-order valence-electron chi connectivity index (χ3n) is 5.43. The molecule has 0 aromatic carbocycles. The monoisotopic (exact) mass is 426 g/mol. The Morgan fingerprint density at radius 2 is 1.86 bits per heavy atom. The first-order chi connectivity index (χ1) is 13.4. The van der Waals surface area contributed by atoms with Crippen LogP contribution in [-0.4, -0.2) is 73.0 Å². The van der Waals surface area contributed by atoms with Gasteiger partial charge in [-0.3, -0.25) is 4.79 Å². The van der Waals surface area contributed by atoms with Crippen LogP contribution in [0.5, 0.6) is 0 Å². The van der Waals surface area contributed by atoms with Crippen molar-refractivity contribution in [3.05, 3.63) is 18.3 Å². The van der Waals surface area contributed by atoms with Crippen molar-refractivity contribution in [3.63, 3.8) is 0 Å². The molecule has 0 spiro atoms. The molecule has 1 saturated carbocycles. The van der Waals surface area contributed by atoms with E-state index in [9.17, 15) is 13.2 Å². The number of sulfonamides is 1. The van der Waals surface area contributed by atoms with Crippen LogP contribution in [0.3, 0.4) is 0 Å². The van der Waals surface area contributed by atoms with Gasteiger partial charge in [-0.1, -0.05) is 31.0 Å². The third kappa shape index (κ3) is 5.46. The number of aromatic nitrogens is 1. The SMILES string of the molecule is C[C@@H](Sc1ccc(S(=O)(=O)N2CCN(C)CC2)cn1)C(=O)NC1CCCCC1. The van der Waals surface area contributed by atoms with Crippen molar-refractivity contribution in [3.8, 4) is 0 Å². The van der Waals surface area contributed by atoms with Crippen LogP contribution in [0.4, 0.5) is 0 Å². The summed E-state index contributed by atoms with van der Waals surface area (Å²) in [5.41, 5.74) is 0. The van der Waals surface area contributed by atoms with Crippen LogP contribution in [0.15, 0.2) is 28.3 Å². The van der Waals surface area contributed by atoms with Crippen LogP contribution < -0.4 is 5.32 Å². The number of carbonyl (C=O) groups excluding carboxylic acids is 1. The van der Waals surface area contributed by atoms with E-state index in [4.69, 9.17) is 0 Å². The first-order valence-corrected chi connectivity index (χ1v) is 12.3. The molecule has 2 fully saturated rings. The summed E-state index contributed by atoms with van der Waals surface area (Å²) >= 11 is 1.36. The lowest BCUT2D eigenvalue weighted by Gasteiger charge is -2.31. The van der Waals surface area contributed by atoms with Crippen molar-refractivity contribution < 1.29 is 13.2 Å². The third-order valence-corrected chi connectivity index (χ3v) is 8.36. The molecule has 1 aromatic heterocycles. The molecular weight excluding hydrogens is 396 g/mol. The molecule has 9 heteroatoms. The normalized spacial score (nSPS) is 21.4. The lowest BCUT2D eigenvalue weighted by atomic mass is 9.95. The average Bonchev–Trinajstić information content (AvgIpc) is 2.69. The Hall–Kier alpha value is -1.16. The van der Waals surface area contributed by atoms with Gasteiger partial charge < -0.3 is 10.2 Å². The summed E-state index contributed by atoms with van der Waals surface area (Å²) in [6, 6.07) is 3.57. The predicted molar refractivity (Wildman–Crippen MR) is 111 cm³/mol. The molecule has 2 aliphatic rings. The van der Waals surface area contributed by atoms with Crippen molar-refractivity contribution in [2.75, 3.05) is 33.2 Å². The molecule has 156 valence electrons. The molecule has 1 N–H and O–H groups in total. The van der Waals surface area contributed by atoms with E-state index in [1.165, 1.54) is 41.5 Å². The summed E-state index contributed by atoms with van der Waals surface area (Å²) in [7, 11) is -1.52. The summed E-state index contributed by atoms with van der Waals surface area (Å²) in [6.45, 7) is 4.31. The largest absolute Gasteiger partial charge is 0.352 e. The number of hydrogen-bond donors (Lipinski definition) is 1. The molecule has 1 atom stereocenters. The fourth-order valence-electron chi connectivity index (χ4n) is 3.57. The molecule has 0 unspecified atom stereocenters. The lowest BCUT2D eigenvalue weighted by Crippen LogP contribution is -2.47. The Balaban J connectivity index is 1.56. The van der Waals surface area contributed by atoms with Crippen molar-refractivity contribution in [1.29, 1.82) is 0 Å². The summed E-state index contributed by atoms with van der Waals surface area (Å²) in [6.07, 6.45) is 7.13. The summed E-state index contributed by atoms with van der Waals surface area (Å²) < 4.78 is 27.0. The van der Waals surface area contributed by atoms with Crippen LogP contribution in [0.25, 0.3) is 0 Å². The number of amides is 1. The fraction of sp³-hybridized carbons (Fsp3) is 0.684. The first-order valence-electron chi connectivity index (χ1n) is 9.98. The number of rotatable bonds is 6. The molecular formula is C19H30N4O3S2. The van der Waals surface area contributed by atoms with Gasteiger partial charge in [-0.15, -0.1) is 0 Å². The highest BCUT2D eigenvalue weighted by Crippen LogP contribution is 2.25. The first kappa shape index (κ1) is 21.5. The van der Waals surface area contributed by atoms with E-state index in [0.717, 1.165) is 25.9 Å². The highest BCUT2D eigenvalue weighted by molar-refractivity contribution is 8.00. The molecule has 28 heavy (non-hydrogen) atoms. The predicted octanol–water partition coefficient (Wildman–Crippen LogP) is 1.95. The van der Waals surface area contributed by atoms with Gasteiger partial charge >= 0.3 is 0 Å². The summed E-state index contributed by atoms with van der Waals surface area (Å²) in [5, 5.41) is 3.51. The quantitative estimate of drug-likeness (QED) is 0.700. The van der Waals surface area contributed by atoms with Gasteiger partial charge in [0.1, 0.15) is 4.90 Å². The van der Waals surface area contributed by atoms with Crippen LogP contribution in [-0.2, 0) is 14.8 Å². The van der Waals surface area contributed by atoms with Crippen LogP contribution in [0.1, 0.15) is 39.0 Å². The molecule has 2 heterocycles. The number of thioether (sulfide) groups is 1. The van der Waals surface area contributed by atoms with E-state index in [-0.39, 0.29) is 22.1 Å². The number of nitrogens with one attached hydrogen (secondary N) is 1. The second-order valence-corrected chi connectivity index (χ2v) is 10.9. The van der Waals surface area contributed by atoms with E-state index in [2.05, 4.69) is 15.2 Å². The maximum atomic E-state index is 12.8. The summed E-state index contributed by atoms with van der Waals surface area (Å²) in [4.78, 5) is 19.0. The van der Waals surface area contributed by atoms with Crippen molar-refractivity contribution in [1.82, 2.24) is 19.5 Å². The van der Waals surface area contributed by atoms with E-state index >= 15 is 0 Å². The van der Waals surface area contributed by atoms with Gasteiger partial charge in [0.2, 0.25) is 15.9 Å². The van der Waals surface area contributed by atoms with Gasteiger partial charge in [-0.2, -0.15) is 4.31 Å². The van der Waals surface area contributed by atoms with Gasteiger partial charge in [0.15, 0.2) is 0 Å². The molecule has 0 bridgehead atoms. The molecule has 0 radical (unpaired) electrons. The minimum absolute atomic E-state index is 0.0211. The number of piperazine rings is 1. The van der Waals surface area contributed by atoms with Gasteiger partial charge in [-0.25, -0.2) is 13.4 Å². The summed E-state index contributed by atoms with van der Waals surface area (Å²) in [5.74, 6) is 0.0211. The maximum absolute atomic E-state index is 12.8. The maximum Gasteiger partial charge on any atom is 0.244 e. The molecule has 1 saturated heterocycles. The van der Waals surface area contributed by atoms with E-state index in [1.54, 1.807) is 12.1 Å². The zero-order valence-corrected chi connectivity index (χ0v) is 18.3. The number of pyridine rings is 1. The molecule has 3 rings (SSSR count). The standard InChI is InChI=1S/C19H30N4O3S2/c1-15(19(24)21-16-6-4-3-5-7-16)27-18-9-8-17(14-20-18)28(25,26)23-12-10-22(2)11-13-23/h8-9,14-16H,3-7,10-13H2,1-2H3,(H,21,24)/t15-/m1/s1.